The SMILES string of the molecule is CN=C(NCc1ccnc(-n2ccnc2)c1)NCC(C)Oc1cccc(F)c1.I. The molecule has 0 aliphatic heterocycles. The second kappa shape index (κ2) is 11.3. The lowest BCUT2D eigenvalue weighted by molar-refractivity contribution is 0.223. The van der Waals surface area contributed by atoms with E-state index in [1.54, 1.807) is 37.9 Å². The number of aromatic nitrogens is 3. The van der Waals surface area contributed by atoms with Crippen LogP contribution < -0.4 is 15.4 Å². The number of halogens is 2. The molecule has 0 saturated carbocycles. The number of nitrogens with one attached hydrogen (secondary N) is 2. The first-order chi connectivity index (χ1) is 13.6. The van der Waals surface area contributed by atoms with Gasteiger partial charge in [-0.05, 0) is 36.8 Å². The van der Waals surface area contributed by atoms with Crippen molar-refractivity contribution in [1.82, 2.24) is 25.2 Å². The van der Waals surface area contributed by atoms with Gasteiger partial charge in [-0.15, -0.1) is 24.0 Å². The number of nitrogens with zero attached hydrogens (tertiary/aromatic N) is 4. The normalized spacial score (nSPS) is 12.0. The summed E-state index contributed by atoms with van der Waals surface area (Å²) in [6, 6.07) is 10.0. The van der Waals surface area contributed by atoms with E-state index < -0.39 is 0 Å². The minimum Gasteiger partial charge on any atom is -0.489 e. The molecule has 9 heteroatoms. The average Bonchev–Trinajstić information content (AvgIpc) is 3.23. The van der Waals surface area contributed by atoms with Gasteiger partial charge in [0, 0.05) is 38.2 Å². The maximum atomic E-state index is 13.2. The summed E-state index contributed by atoms with van der Waals surface area (Å²) in [7, 11) is 1.71. The van der Waals surface area contributed by atoms with Crippen LogP contribution in [-0.4, -0.2) is 40.2 Å². The van der Waals surface area contributed by atoms with Gasteiger partial charge < -0.3 is 15.4 Å². The Kier molecular flexibility index (Phi) is 8.84. The van der Waals surface area contributed by atoms with Crippen molar-refractivity contribution < 1.29 is 9.13 Å². The predicted molar refractivity (Wildman–Crippen MR) is 121 cm³/mol. The molecule has 0 radical (unpaired) electrons. The van der Waals surface area contributed by atoms with Crippen molar-refractivity contribution in [1.29, 1.82) is 0 Å². The Morgan fingerprint density at radius 2 is 2.10 bits per heavy atom. The molecular formula is C20H24FIN6O. The van der Waals surface area contributed by atoms with Crippen molar-refractivity contribution in [2.45, 2.75) is 19.6 Å². The van der Waals surface area contributed by atoms with E-state index in [0.717, 1.165) is 11.4 Å². The first kappa shape index (κ1) is 22.6. The Bertz CT molecular complexity index is 919. The number of hydrogen-bond donors (Lipinski definition) is 2. The maximum Gasteiger partial charge on any atom is 0.191 e. The van der Waals surface area contributed by atoms with Gasteiger partial charge in [-0.2, -0.15) is 0 Å². The van der Waals surface area contributed by atoms with Crippen molar-refractivity contribution in [2.75, 3.05) is 13.6 Å². The van der Waals surface area contributed by atoms with Crippen LogP contribution in [0, 0.1) is 5.82 Å². The van der Waals surface area contributed by atoms with E-state index >= 15 is 0 Å². The van der Waals surface area contributed by atoms with E-state index in [4.69, 9.17) is 4.74 Å². The van der Waals surface area contributed by atoms with Gasteiger partial charge in [0.15, 0.2) is 5.96 Å². The fourth-order valence-electron chi connectivity index (χ4n) is 2.57. The van der Waals surface area contributed by atoms with Crippen LogP contribution in [0.5, 0.6) is 5.75 Å². The third-order valence-electron chi connectivity index (χ3n) is 3.95. The van der Waals surface area contributed by atoms with Crippen molar-refractivity contribution in [3.63, 3.8) is 0 Å². The molecule has 29 heavy (non-hydrogen) atoms. The molecule has 0 spiro atoms. The summed E-state index contributed by atoms with van der Waals surface area (Å²) in [5, 5.41) is 6.46. The Morgan fingerprint density at radius 3 is 2.83 bits per heavy atom. The fourth-order valence-corrected chi connectivity index (χ4v) is 2.57. The Morgan fingerprint density at radius 1 is 1.24 bits per heavy atom. The smallest absolute Gasteiger partial charge is 0.191 e. The van der Waals surface area contributed by atoms with Crippen LogP contribution in [0.15, 0.2) is 66.3 Å². The van der Waals surface area contributed by atoms with E-state index in [1.807, 2.05) is 29.8 Å². The minimum atomic E-state index is -0.317. The monoisotopic (exact) mass is 510 g/mol. The van der Waals surface area contributed by atoms with Crippen LogP contribution in [0.2, 0.25) is 0 Å². The highest BCUT2D eigenvalue weighted by atomic mass is 127. The Labute approximate surface area is 186 Å². The van der Waals surface area contributed by atoms with Gasteiger partial charge in [-0.3, -0.25) is 9.56 Å². The Balaban J connectivity index is 0.00000300. The van der Waals surface area contributed by atoms with Gasteiger partial charge in [0.1, 0.15) is 29.8 Å². The fraction of sp³-hybridized carbons (Fsp3) is 0.250. The van der Waals surface area contributed by atoms with Gasteiger partial charge in [0.2, 0.25) is 0 Å². The summed E-state index contributed by atoms with van der Waals surface area (Å²) in [5.41, 5.74) is 1.06. The first-order valence-electron chi connectivity index (χ1n) is 8.94. The van der Waals surface area contributed by atoms with Crippen LogP contribution >= 0.6 is 24.0 Å². The lowest BCUT2D eigenvalue weighted by Gasteiger charge is -2.18. The highest BCUT2D eigenvalue weighted by Crippen LogP contribution is 2.13. The Hall–Kier alpha value is -2.69. The maximum absolute atomic E-state index is 13.2. The number of hydrogen-bond acceptors (Lipinski definition) is 4. The van der Waals surface area contributed by atoms with Gasteiger partial charge in [-0.25, -0.2) is 14.4 Å². The van der Waals surface area contributed by atoms with E-state index in [2.05, 4.69) is 25.6 Å². The van der Waals surface area contributed by atoms with Crippen LogP contribution in [0.25, 0.3) is 5.82 Å². The summed E-state index contributed by atoms with van der Waals surface area (Å²) >= 11 is 0. The molecule has 154 valence electrons. The molecule has 0 saturated heterocycles. The van der Waals surface area contributed by atoms with Crippen molar-refractivity contribution in [3.05, 3.63) is 72.7 Å². The minimum absolute atomic E-state index is 0. The number of aliphatic imine (C=N–C) groups is 1. The number of pyridine rings is 1. The standard InChI is InChI=1S/C20H23FN6O.HI/c1-15(28-18-5-3-4-17(21)11-18)12-25-20(22-2)26-13-16-6-7-24-19(10-16)27-9-8-23-14-27;/h3-11,14-15H,12-13H2,1-2H3,(H2,22,25,26);1H. The lowest BCUT2D eigenvalue weighted by Crippen LogP contribution is -2.41. The molecule has 3 rings (SSSR count). The molecule has 0 aliphatic rings. The second-order valence-electron chi connectivity index (χ2n) is 6.18. The van der Waals surface area contributed by atoms with Crippen LogP contribution in [0.4, 0.5) is 4.39 Å². The van der Waals surface area contributed by atoms with Crippen LogP contribution in [0.1, 0.15) is 12.5 Å². The molecule has 2 heterocycles. The topological polar surface area (TPSA) is 76.4 Å². The van der Waals surface area contributed by atoms with Gasteiger partial charge in [0.05, 0.1) is 6.54 Å². The van der Waals surface area contributed by atoms with E-state index in [-0.39, 0.29) is 35.9 Å². The molecule has 1 atom stereocenters. The van der Waals surface area contributed by atoms with Gasteiger partial charge in [0.25, 0.3) is 0 Å². The van der Waals surface area contributed by atoms with Crippen molar-refractivity contribution in [2.24, 2.45) is 4.99 Å². The highest BCUT2D eigenvalue weighted by molar-refractivity contribution is 14.0. The highest BCUT2D eigenvalue weighted by Gasteiger charge is 2.07. The van der Waals surface area contributed by atoms with E-state index in [0.29, 0.717) is 24.8 Å². The molecule has 1 aromatic carbocycles. The summed E-state index contributed by atoms with van der Waals surface area (Å²) in [4.78, 5) is 12.6. The molecule has 0 bridgehead atoms. The van der Waals surface area contributed by atoms with Crippen LogP contribution in [0.3, 0.4) is 0 Å². The molecular weight excluding hydrogens is 486 g/mol. The van der Waals surface area contributed by atoms with Gasteiger partial charge in [-0.1, -0.05) is 6.07 Å². The molecule has 3 aromatic rings. The number of benzene rings is 1. The zero-order valence-corrected chi connectivity index (χ0v) is 18.6. The van der Waals surface area contributed by atoms with Crippen molar-refractivity contribution in [3.8, 4) is 11.6 Å². The molecule has 0 aliphatic carbocycles. The van der Waals surface area contributed by atoms with Crippen LogP contribution in [-0.2, 0) is 6.54 Å². The number of guanidine groups is 1. The molecule has 0 amide bonds. The number of imidazole rings is 1. The van der Waals surface area contributed by atoms with Crippen molar-refractivity contribution >= 4 is 29.9 Å². The summed E-state index contributed by atoms with van der Waals surface area (Å²) in [6.45, 7) is 3.02. The largest absolute Gasteiger partial charge is 0.489 e. The molecule has 1 unspecified atom stereocenters. The summed E-state index contributed by atoms with van der Waals surface area (Å²) in [6.07, 6.45) is 6.87. The predicted octanol–water partition coefficient (Wildman–Crippen LogP) is 3.16. The quantitative estimate of drug-likeness (QED) is 0.290. The number of rotatable bonds is 7. The molecule has 2 aromatic heterocycles. The average molecular weight is 510 g/mol. The third-order valence-corrected chi connectivity index (χ3v) is 3.95. The zero-order chi connectivity index (χ0) is 19.8. The number of ether oxygens (including phenoxy) is 1. The summed E-state index contributed by atoms with van der Waals surface area (Å²) < 4.78 is 20.8. The second-order valence-corrected chi connectivity index (χ2v) is 6.18. The van der Waals surface area contributed by atoms with E-state index in [9.17, 15) is 4.39 Å². The molecule has 2 N–H and O–H groups in total. The lowest BCUT2D eigenvalue weighted by atomic mass is 10.2. The van der Waals surface area contributed by atoms with Gasteiger partial charge >= 0.3 is 0 Å². The van der Waals surface area contributed by atoms with E-state index in [1.165, 1.54) is 12.1 Å². The third kappa shape index (κ3) is 7.00. The zero-order valence-electron chi connectivity index (χ0n) is 16.2. The molecule has 7 nitrogen and oxygen atoms in total. The first-order valence-corrected chi connectivity index (χ1v) is 8.94. The molecule has 0 fully saturated rings. The summed E-state index contributed by atoms with van der Waals surface area (Å²) in [5.74, 6) is 1.64.